The second-order valence-electron chi connectivity index (χ2n) is 7.15. The number of piperidine rings is 1. The van der Waals surface area contributed by atoms with Crippen molar-refractivity contribution in [3.8, 4) is 0 Å². The molecule has 0 aromatic rings. The van der Waals surface area contributed by atoms with Crippen LogP contribution in [0.1, 0.15) is 47.5 Å². The molecule has 0 saturated carbocycles. The highest BCUT2D eigenvalue weighted by molar-refractivity contribution is 4.79. The molecule has 0 amide bonds. The molecule has 0 unspecified atom stereocenters. The number of hydrogen-bond acceptors (Lipinski definition) is 2. The minimum atomic E-state index is 0.398. The molecule has 1 saturated heterocycles. The van der Waals surface area contributed by atoms with E-state index in [-0.39, 0.29) is 0 Å². The molecule has 2 nitrogen and oxygen atoms in total. The van der Waals surface area contributed by atoms with E-state index >= 15 is 0 Å². The van der Waals surface area contributed by atoms with Crippen molar-refractivity contribution in [1.29, 1.82) is 0 Å². The van der Waals surface area contributed by atoms with E-state index < -0.39 is 0 Å². The third kappa shape index (κ3) is 6.42. The van der Waals surface area contributed by atoms with Crippen molar-refractivity contribution < 1.29 is 0 Å². The Labute approximate surface area is 108 Å². The van der Waals surface area contributed by atoms with Crippen molar-refractivity contribution >= 4 is 0 Å². The van der Waals surface area contributed by atoms with Gasteiger partial charge in [-0.25, -0.2) is 0 Å². The van der Waals surface area contributed by atoms with Crippen molar-refractivity contribution in [2.24, 2.45) is 17.3 Å². The molecule has 1 aliphatic heterocycles. The van der Waals surface area contributed by atoms with E-state index in [4.69, 9.17) is 0 Å². The van der Waals surface area contributed by atoms with Crippen molar-refractivity contribution in [2.45, 2.75) is 47.5 Å². The van der Waals surface area contributed by atoms with Gasteiger partial charge in [-0.15, -0.1) is 0 Å². The molecule has 0 aromatic carbocycles. The highest BCUT2D eigenvalue weighted by Crippen LogP contribution is 2.21. The van der Waals surface area contributed by atoms with Crippen LogP contribution in [0.5, 0.6) is 0 Å². The average Bonchev–Trinajstić information content (AvgIpc) is 2.20. The maximum absolute atomic E-state index is 3.60. The summed E-state index contributed by atoms with van der Waals surface area (Å²) in [6.45, 7) is 17.8. The van der Waals surface area contributed by atoms with E-state index in [0.29, 0.717) is 5.41 Å². The van der Waals surface area contributed by atoms with Crippen LogP contribution in [0.3, 0.4) is 0 Å². The van der Waals surface area contributed by atoms with Crippen LogP contribution in [0.2, 0.25) is 0 Å². The van der Waals surface area contributed by atoms with Crippen LogP contribution in [-0.4, -0.2) is 37.6 Å². The fraction of sp³-hybridized carbons (Fsp3) is 1.00. The molecule has 1 N–H and O–H groups in total. The third-order valence-electron chi connectivity index (χ3n) is 3.68. The van der Waals surface area contributed by atoms with Gasteiger partial charge in [-0.05, 0) is 49.7 Å². The molecule has 17 heavy (non-hydrogen) atoms. The molecule has 0 bridgehead atoms. The Kier molecular flexibility index (Phi) is 5.94. The van der Waals surface area contributed by atoms with Gasteiger partial charge in [-0.1, -0.05) is 34.6 Å². The average molecular weight is 240 g/mol. The van der Waals surface area contributed by atoms with Crippen LogP contribution in [0.15, 0.2) is 0 Å². The van der Waals surface area contributed by atoms with E-state index in [2.05, 4.69) is 44.8 Å². The summed E-state index contributed by atoms with van der Waals surface area (Å²) in [4.78, 5) is 2.65. The summed E-state index contributed by atoms with van der Waals surface area (Å²) in [6, 6.07) is 0. The highest BCUT2D eigenvalue weighted by atomic mass is 15.1. The van der Waals surface area contributed by atoms with E-state index in [1.807, 2.05) is 0 Å². The third-order valence-corrected chi connectivity index (χ3v) is 3.68. The number of rotatable bonds is 6. The molecular weight excluding hydrogens is 208 g/mol. The molecule has 1 rings (SSSR count). The Hall–Kier alpha value is -0.0800. The summed E-state index contributed by atoms with van der Waals surface area (Å²) in [6.07, 6.45) is 2.77. The molecule has 1 fully saturated rings. The fourth-order valence-corrected chi connectivity index (χ4v) is 2.58. The van der Waals surface area contributed by atoms with Gasteiger partial charge in [-0.2, -0.15) is 0 Å². The van der Waals surface area contributed by atoms with Gasteiger partial charge in [0.1, 0.15) is 0 Å². The zero-order valence-electron chi connectivity index (χ0n) is 12.6. The lowest BCUT2D eigenvalue weighted by atomic mass is 9.90. The van der Waals surface area contributed by atoms with Gasteiger partial charge < -0.3 is 10.2 Å². The summed E-state index contributed by atoms with van der Waals surface area (Å²) in [5.74, 6) is 1.69. The summed E-state index contributed by atoms with van der Waals surface area (Å²) in [5.41, 5.74) is 0.398. The first-order valence-electron chi connectivity index (χ1n) is 7.32. The minimum absolute atomic E-state index is 0.398. The normalized spacial score (nSPS) is 20.1. The Bertz CT molecular complexity index is 203. The molecule has 0 radical (unpaired) electrons. The van der Waals surface area contributed by atoms with Crippen molar-refractivity contribution in [1.82, 2.24) is 10.2 Å². The molecular formula is C15H32N2. The van der Waals surface area contributed by atoms with E-state index in [0.717, 1.165) is 24.9 Å². The number of likely N-dealkylation sites (tertiary alicyclic amines) is 1. The van der Waals surface area contributed by atoms with Crippen LogP contribution < -0.4 is 5.32 Å². The zero-order chi connectivity index (χ0) is 12.9. The van der Waals surface area contributed by atoms with E-state index in [1.165, 1.54) is 32.5 Å². The minimum Gasteiger partial charge on any atom is -0.316 e. The molecule has 102 valence electrons. The Morgan fingerprint density at radius 1 is 1.24 bits per heavy atom. The van der Waals surface area contributed by atoms with Crippen molar-refractivity contribution in [3.05, 3.63) is 0 Å². The van der Waals surface area contributed by atoms with E-state index in [1.54, 1.807) is 0 Å². The van der Waals surface area contributed by atoms with Gasteiger partial charge in [-0.3, -0.25) is 0 Å². The van der Waals surface area contributed by atoms with Crippen LogP contribution in [0, 0.1) is 17.3 Å². The molecule has 2 heteroatoms. The lowest BCUT2D eigenvalue weighted by Crippen LogP contribution is -2.44. The maximum atomic E-state index is 3.60. The quantitative estimate of drug-likeness (QED) is 0.768. The summed E-state index contributed by atoms with van der Waals surface area (Å²) in [5, 5.41) is 3.60. The van der Waals surface area contributed by atoms with Crippen LogP contribution in [0.4, 0.5) is 0 Å². The van der Waals surface area contributed by atoms with Gasteiger partial charge in [0.15, 0.2) is 0 Å². The summed E-state index contributed by atoms with van der Waals surface area (Å²) >= 11 is 0. The lowest BCUT2D eigenvalue weighted by Gasteiger charge is -2.37. The molecule has 1 heterocycles. The van der Waals surface area contributed by atoms with Gasteiger partial charge >= 0.3 is 0 Å². The Balaban J connectivity index is 2.23. The molecule has 0 aliphatic carbocycles. The molecule has 0 aromatic heterocycles. The topological polar surface area (TPSA) is 15.3 Å². The second kappa shape index (κ2) is 6.75. The Morgan fingerprint density at radius 3 is 2.35 bits per heavy atom. The zero-order valence-corrected chi connectivity index (χ0v) is 12.6. The van der Waals surface area contributed by atoms with E-state index in [9.17, 15) is 0 Å². The predicted octanol–water partition coefficient (Wildman–Crippen LogP) is 2.99. The first-order chi connectivity index (χ1) is 7.89. The van der Waals surface area contributed by atoms with Gasteiger partial charge in [0.25, 0.3) is 0 Å². The SMILES string of the molecule is CC(C)CNCC(C)(C)CN1CCC(C)CC1. The summed E-state index contributed by atoms with van der Waals surface area (Å²) < 4.78 is 0. The first kappa shape index (κ1) is 15.0. The standard InChI is InChI=1S/C15H32N2/c1-13(2)10-16-11-15(4,5)12-17-8-6-14(3)7-9-17/h13-14,16H,6-12H2,1-5H3. The van der Waals surface area contributed by atoms with Gasteiger partial charge in [0.05, 0.1) is 0 Å². The van der Waals surface area contributed by atoms with Crippen LogP contribution in [-0.2, 0) is 0 Å². The molecule has 0 spiro atoms. The van der Waals surface area contributed by atoms with Crippen molar-refractivity contribution in [3.63, 3.8) is 0 Å². The summed E-state index contributed by atoms with van der Waals surface area (Å²) in [7, 11) is 0. The monoisotopic (exact) mass is 240 g/mol. The first-order valence-corrected chi connectivity index (χ1v) is 7.32. The number of hydrogen-bond donors (Lipinski definition) is 1. The second-order valence-corrected chi connectivity index (χ2v) is 7.15. The van der Waals surface area contributed by atoms with Crippen LogP contribution >= 0.6 is 0 Å². The Morgan fingerprint density at radius 2 is 1.82 bits per heavy atom. The maximum Gasteiger partial charge on any atom is 0.00448 e. The number of nitrogens with one attached hydrogen (secondary N) is 1. The molecule has 0 atom stereocenters. The van der Waals surface area contributed by atoms with Crippen molar-refractivity contribution in [2.75, 3.05) is 32.7 Å². The smallest absolute Gasteiger partial charge is 0.00448 e. The fourth-order valence-electron chi connectivity index (χ4n) is 2.58. The number of nitrogens with zero attached hydrogens (tertiary/aromatic N) is 1. The van der Waals surface area contributed by atoms with Gasteiger partial charge in [0, 0.05) is 13.1 Å². The lowest BCUT2D eigenvalue weighted by molar-refractivity contribution is 0.131. The largest absolute Gasteiger partial charge is 0.316 e. The van der Waals surface area contributed by atoms with Gasteiger partial charge in [0.2, 0.25) is 0 Å². The predicted molar refractivity (Wildman–Crippen MR) is 76.3 cm³/mol. The van der Waals surface area contributed by atoms with Crippen LogP contribution in [0.25, 0.3) is 0 Å². The highest BCUT2D eigenvalue weighted by Gasteiger charge is 2.24. The molecule has 1 aliphatic rings.